The number of aliphatic carboxylic acids is 1. The molecule has 1 aliphatic rings. The van der Waals surface area contributed by atoms with E-state index in [0.29, 0.717) is 18.8 Å². The highest BCUT2D eigenvalue weighted by Crippen LogP contribution is 2.23. The Hall–Kier alpha value is -2.34. The summed E-state index contributed by atoms with van der Waals surface area (Å²) in [5.74, 6) is -1.10. The van der Waals surface area contributed by atoms with Crippen LogP contribution < -0.4 is 0 Å². The van der Waals surface area contributed by atoms with Gasteiger partial charge in [-0.25, -0.2) is 0 Å². The first-order valence-corrected chi connectivity index (χ1v) is 7.66. The maximum Gasteiger partial charge on any atom is 0.305 e. The summed E-state index contributed by atoms with van der Waals surface area (Å²) in [4.78, 5) is 28.6. The molecule has 122 valence electrons. The summed E-state index contributed by atoms with van der Waals surface area (Å²) in [6.07, 6.45) is -0.107. The standard InChI is InChI=1S/C17H20N2O4/c1-10-5-11(2)13-8-15(18-14(13)6-10)17(22)19-3-4-23-9-12(19)7-16(20)21/h5-6,8,12,18H,3-4,7,9H2,1-2H3,(H,20,21). The smallest absolute Gasteiger partial charge is 0.305 e. The number of aromatic nitrogens is 1. The maximum atomic E-state index is 12.8. The normalized spacial score (nSPS) is 18.3. The van der Waals surface area contributed by atoms with E-state index in [1.165, 1.54) is 0 Å². The number of carbonyl (C=O) groups is 2. The van der Waals surface area contributed by atoms with Gasteiger partial charge in [0.15, 0.2) is 0 Å². The molecule has 0 bridgehead atoms. The van der Waals surface area contributed by atoms with Crippen LogP contribution in [0.1, 0.15) is 28.0 Å². The number of rotatable bonds is 3. The number of aryl methyl sites for hydroxylation is 2. The lowest BCUT2D eigenvalue weighted by Gasteiger charge is -2.34. The van der Waals surface area contributed by atoms with Gasteiger partial charge in [-0.05, 0) is 37.1 Å². The average Bonchev–Trinajstić information content (AvgIpc) is 2.90. The SMILES string of the molecule is Cc1cc(C)c2cc(C(=O)N3CCOCC3CC(=O)O)[nH]c2c1. The summed E-state index contributed by atoms with van der Waals surface area (Å²) in [6, 6.07) is 5.50. The topological polar surface area (TPSA) is 82.6 Å². The van der Waals surface area contributed by atoms with E-state index < -0.39 is 12.0 Å². The van der Waals surface area contributed by atoms with Gasteiger partial charge >= 0.3 is 5.97 Å². The van der Waals surface area contributed by atoms with Crippen molar-refractivity contribution >= 4 is 22.8 Å². The van der Waals surface area contributed by atoms with Crippen molar-refractivity contribution in [3.05, 3.63) is 35.0 Å². The summed E-state index contributed by atoms with van der Waals surface area (Å²) in [7, 11) is 0. The predicted molar refractivity (Wildman–Crippen MR) is 85.7 cm³/mol. The Morgan fingerprint density at radius 1 is 1.35 bits per heavy atom. The van der Waals surface area contributed by atoms with Crippen molar-refractivity contribution < 1.29 is 19.4 Å². The summed E-state index contributed by atoms with van der Waals surface area (Å²) < 4.78 is 5.33. The Kier molecular flexibility index (Phi) is 4.09. The van der Waals surface area contributed by atoms with Crippen LogP contribution in [0.5, 0.6) is 0 Å². The van der Waals surface area contributed by atoms with Crippen molar-refractivity contribution in [2.75, 3.05) is 19.8 Å². The molecular formula is C17H20N2O4. The van der Waals surface area contributed by atoms with Crippen LogP contribution in [0, 0.1) is 13.8 Å². The molecule has 6 heteroatoms. The fraction of sp³-hybridized carbons (Fsp3) is 0.412. The molecule has 23 heavy (non-hydrogen) atoms. The van der Waals surface area contributed by atoms with Crippen molar-refractivity contribution in [2.45, 2.75) is 26.3 Å². The number of carboxylic acid groups (broad SMARTS) is 1. The summed E-state index contributed by atoms with van der Waals surface area (Å²) >= 11 is 0. The molecule has 2 N–H and O–H groups in total. The first-order chi connectivity index (χ1) is 11.0. The number of H-pyrrole nitrogens is 1. The van der Waals surface area contributed by atoms with E-state index in [1.807, 2.05) is 26.0 Å². The van der Waals surface area contributed by atoms with E-state index in [0.717, 1.165) is 22.0 Å². The van der Waals surface area contributed by atoms with Crippen molar-refractivity contribution in [2.24, 2.45) is 0 Å². The zero-order valence-electron chi connectivity index (χ0n) is 13.3. The number of carbonyl (C=O) groups excluding carboxylic acids is 1. The van der Waals surface area contributed by atoms with Gasteiger partial charge in [0.05, 0.1) is 25.7 Å². The van der Waals surface area contributed by atoms with Crippen molar-refractivity contribution in [3.8, 4) is 0 Å². The van der Waals surface area contributed by atoms with E-state index >= 15 is 0 Å². The van der Waals surface area contributed by atoms with Crippen molar-refractivity contribution in [1.82, 2.24) is 9.88 Å². The number of carboxylic acids is 1. The second-order valence-electron chi connectivity index (χ2n) is 6.05. The zero-order chi connectivity index (χ0) is 16.6. The van der Waals surface area contributed by atoms with Gasteiger partial charge in [0.1, 0.15) is 5.69 Å². The molecule has 0 aliphatic carbocycles. The fourth-order valence-electron chi connectivity index (χ4n) is 3.16. The van der Waals surface area contributed by atoms with Crippen LogP contribution >= 0.6 is 0 Å². The number of ether oxygens (including phenoxy) is 1. The molecule has 1 saturated heterocycles. The van der Waals surface area contributed by atoms with Crippen LogP contribution in [-0.2, 0) is 9.53 Å². The highest BCUT2D eigenvalue weighted by atomic mass is 16.5. The number of amides is 1. The molecule has 3 rings (SSSR count). The molecule has 1 aromatic heterocycles. The van der Waals surface area contributed by atoms with Gasteiger partial charge in [0.2, 0.25) is 0 Å². The average molecular weight is 316 g/mol. The quantitative estimate of drug-likeness (QED) is 0.908. The first kappa shape index (κ1) is 15.6. The second-order valence-corrected chi connectivity index (χ2v) is 6.05. The highest BCUT2D eigenvalue weighted by Gasteiger charge is 2.30. The van der Waals surface area contributed by atoms with E-state index in [-0.39, 0.29) is 18.9 Å². The number of nitrogens with zero attached hydrogens (tertiary/aromatic N) is 1. The number of benzene rings is 1. The monoisotopic (exact) mass is 316 g/mol. The van der Waals surface area contributed by atoms with Gasteiger partial charge in [-0.3, -0.25) is 9.59 Å². The molecule has 0 spiro atoms. The third-order valence-electron chi connectivity index (χ3n) is 4.22. The second kappa shape index (κ2) is 6.04. The molecular weight excluding hydrogens is 296 g/mol. The molecule has 1 unspecified atom stereocenters. The Morgan fingerprint density at radius 3 is 2.87 bits per heavy atom. The fourth-order valence-corrected chi connectivity index (χ4v) is 3.16. The van der Waals surface area contributed by atoms with E-state index in [9.17, 15) is 9.59 Å². The van der Waals surface area contributed by atoms with Crippen molar-refractivity contribution in [1.29, 1.82) is 0 Å². The van der Waals surface area contributed by atoms with Crippen LogP contribution in [0.15, 0.2) is 18.2 Å². The molecule has 1 amide bonds. The molecule has 1 aromatic carbocycles. The summed E-state index contributed by atoms with van der Waals surface area (Å²) in [5, 5.41) is 10.0. The minimum atomic E-state index is -0.929. The van der Waals surface area contributed by atoms with Crippen LogP contribution in [0.3, 0.4) is 0 Å². The third-order valence-corrected chi connectivity index (χ3v) is 4.22. The largest absolute Gasteiger partial charge is 0.481 e. The molecule has 2 heterocycles. The van der Waals surface area contributed by atoms with Crippen LogP contribution in [0.4, 0.5) is 0 Å². The van der Waals surface area contributed by atoms with Gasteiger partial charge in [-0.15, -0.1) is 0 Å². The zero-order valence-corrected chi connectivity index (χ0v) is 13.3. The van der Waals surface area contributed by atoms with Gasteiger partial charge in [0.25, 0.3) is 5.91 Å². The van der Waals surface area contributed by atoms with E-state index in [1.54, 1.807) is 4.90 Å². The summed E-state index contributed by atoms with van der Waals surface area (Å²) in [5.41, 5.74) is 3.66. The van der Waals surface area contributed by atoms with Gasteiger partial charge < -0.3 is 19.7 Å². The minimum Gasteiger partial charge on any atom is -0.481 e. The number of hydrogen-bond donors (Lipinski definition) is 2. The molecule has 1 fully saturated rings. The third kappa shape index (κ3) is 3.07. The maximum absolute atomic E-state index is 12.8. The van der Waals surface area contributed by atoms with Crippen LogP contribution in [0.2, 0.25) is 0 Å². The lowest BCUT2D eigenvalue weighted by molar-refractivity contribution is -0.139. The molecule has 1 atom stereocenters. The lowest BCUT2D eigenvalue weighted by atomic mass is 10.1. The first-order valence-electron chi connectivity index (χ1n) is 7.66. The summed E-state index contributed by atoms with van der Waals surface area (Å²) in [6.45, 7) is 5.12. The Balaban J connectivity index is 1.92. The van der Waals surface area contributed by atoms with Crippen LogP contribution in [0.25, 0.3) is 10.9 Å². The Morgan fingerprint density at radius 2 is 2.13 bits per heavy atom. The Bertz CT molecular complexity index is 765. The molecule has 6 nitrogen and oxygen atoms in total. The molecule has 0 radical (unpaired) electrons. The van der Waals surface area contributed by atoms with Gasteiger partial charge in [-0.1, -0.05) is 6.07 Å². The van der Waals surface area contributed by atoms with E-state index in [2.05, 4.69) is 11.1 Å². The molecule has 1 aliphatic heterocycles. The Labute approximate surface area is 134 Å². The lowest BCUT2D eigenvalue weighted by Crippen LogP contribution is -2.49. The molecule has 0 saturated carbocycles. The number of morpholine rings is 1. The highest BCUT2D eigenvalue weighted by molar-refractivity contribution is 5.99. The van der Waals surface area contributed by atoms with Gasteiger partial charge in [-0.2, -0.15) is 0 Å². The minimum absolute atomic E-state index is 0.107. The number of fused-ring (bicyclic) bond motifs is 1. The van der Waals surface area contributed by atoms with Gasteiger partial charge in [0, 0.05) is 17.4 Å². The van der Waals surface area contributed by atoms with E-state index in [4.69, 9.17) is 9.84 Å². The number of aromatic amines is 1. The van der Waals surface area contributed by atoms with Crippen molar-refractivity contribution in [3.63, 3.8) is 0 Å². The predicted octanol–water partition coefficient (Wildman–Crippen LogP) is 2.10. The molecule has 2 aromatic rings. The van der Waals surface area contributed by atoms with Crippen LogP contribution in [-0.4, -0.2) is 52.7 Å². The number of hydrogen-bond acceptors (Lipinski definition) is 3. The number of nitrogens with one attached hydrogen (secondary N) is 1.